The summed E-state index contributed by atoms with van der Waals surface area (Å²) in [7, 11) is 1.72. The predicted molar refractivity (Wildman–Crippen MR) is 87.2 cm³/mol. The van der Waals surface area contributed by atoms with Crippen LogP contribution in [0.2, 0.25) is 5.02 Å². The molecule has 1 saturated carbocycles. The summed E-state index contributed by atoms with van der Waals surface area (Å²) in [6.45, 7) is 6.67. The topological polar surface area (TPSA) is 50.3 Å². The Kier molecular flexibility index (Phi) is 6.06. The molecule has 0 bridgehead atoms. The minimum atomic E-state index is 0.423. The van der Waals surface area contributed by atoms with Crippen LogP contribution in [0, 0.1) is 5.92 Å². The number of rotatable bonds is 9. The van der Waals surface area contributed by atoms with Crippen LogP contribution in [0.3, 0.4) is 0 Å². The maximum atomic E-state index is 6.34. The molecule has 21 heavy (non-hydrogen) atoms. The largest absolute Gasteiger partial charge is 0.383 e. The number of anilines is 2. The van der Waals surface area contributed by atoms with Crippen molar-refractivity contribution in [2.24, 2.45) is 5.92 Å². The summed E-state index contributed by atoms with van der Waals surface area (Å²) in [4.78, 5) is 11.1. The van der Waals surface area contributed by atoms with E-state index in [0.29, 0.717) is 23.6 Å². The van der Waals surface area contributed by atoms with E-state index in [2.05, 4.69) is 34.0 Å². The van der Waals surface area contributed by atoms with Gasteiger partial charge in [-0.15, -0.1) is 0 Å². The summed E-state index contributed by atoms with van der Waals surface area (Å²) in [5.41, 5.74) is 0. The zero-order valence-corrected chi connectivity index (χ0v) is 13.9. The van der Waals surface area contributed by atoms with E-state index in [9.17, 15) is 0 Å². The summed E-state index contributed by atoms with van der Waals surface area (Å²) in [6, 6.07) is 0.423. The van der Waals surface area contributed by atoms with Crippen molar-refractivity contribution in [3.63, 3.8) is 0 Å². The smallest absolute Gasteiger partial charge is 0.224 e. The van der Waals surface area contributed by atoms with Gasteiger partial charge in [-0.2, -0.15) is 4.98 Å². The highest BCUT2D eigenvalue weighted by atomic mass is 35.5. The standard InChI is InChI=1S/C15H25ClN4O/c1-4-7-17-15-18-10-13(16)14(19-15)20(8-9-21-3)11(2)12-5-6-12/h10-12H,4-9H2,1-3H3,(H,17,18,19). The molecule has 0 aromatic carbocycles. The molecule has 1 aliphatic carbocycles. The lowest BCUT2D eigenvalue weighted by molar-refractivity contribution is 0.202. The van der Waals surface area contributed by atoms with Crippen molar-refractivity contribution in [1.29, 1.82) is 0 Å². The molecule has 0 aliphatic heterocycles. The summed E-state index contributed by atoms with van der Waals surface area (Å²) < 4.78 is 5.24. The van der Waals surface area contributed by atoms with Gasteiger partial charge >= 0.3 is 0 Å². The molecule has 1 unspecified atom stereocenters. The summed E-state index contributed by atoms with van der Waals surface area (Å²) in [5.74, 6) is 2.18. The molecule has 118 valence electrons. The van der Waals surface area contributed by atoms with Gasteiger partial charge in [0.15, 0.2) is 5.82 Å². The Labute approximate surface area is 132 Å². The molecule has 1 N–H and O–H groups in total. The van der Waals surface area contributed by atoms with Crippen molar-refractivity contribution < 1.29 is 4.74 Å². The van der Waals surface area contributed by atoms with Gasteiger partial charge in [0.1, 0.15) is 5.02 Å². The second kappa shape index (κ2) is 7.80. The number of methoxy groups -OCH3 is 1. The van der Waals surface area contributed by atoms with E-state index in [1.807, 2.05) is 0 Å². The fourth-order valence-electron chi connectivity index (χ4n) is 2.41. The molecule has 0 spiro atoms. The van der Waals surface area contributed by atoms with Gasteiger partial charge in [-0.3, -0.25) is 0 Å². The lowest BCUT2D eigenvalue weighted by atomic mass is 10.2. The van der Waals surface area contributed by atoms with E-state index in [1.54, 1.807) is 13.3 Å². The Morgan fingerprint density at radius 3 is 2.90 bits per heavy atom. The molecule has 0 saturated heterocycles. The Morgan fingerprint density at radius 2 is 2.29 bits per heavy atom. The van der Waals surface area contributed by atoms with E-state index in [1.165, 1.54) is 12.8 Å². The van der Waals surface area contributed by atoms with Crippen molar-refractivity contribution in [1.82, 2.24) is 9.97 Å². The minimum Gasteiger partial charge on any atom is -0.383 e. The lowest BCUT2D eigenvalue weighted by Crippen LogP contribution is -2.38. The molecular formula is C15H25ClN4O. The zero-order valence-electron chi connectivity index (χ0n) is 13.1. The number of halogens is 1. The number of aromatic nitrogens is 2. The maximum absolute atomic E-state index is 6.34. The van der Waals surface area contributed by atoms with E-state index < -0.39 is 0 Å². The van der Waals surface area contributed by atoms with E-state index in [4.69, 9.17) is 16.3 Å². The molecule has 0 amide bonds. The van der Waals surface area contributed by atoms with Gasteiger partial charge < -0.3 is 15.0 Å². The fourth-order valence-corrected chi connectivity index (χ4v) is 2.61. The SMILES string of the molecule is CCCNc1ncc(Cl)c(N(CCOC)C(C)C2CC2)n1. The third-order valence-electron chi connectivity index (χ3n) is 3.86. The minimum absolute atomic E-state index is 0.423. The van der Waals surface area contributed by atoms with E-state index in [-0.39, 0.29) is 0 Å². The number of nitrogens with zero attached hydrogens (tertiary/aromatic N) is 3. The number of hydrogen-bond donors (Lipinski definition) is 1. The van der Waals surface area contributed by atoms with Crippen molar-refractivity contribution in [3.05, 3.63) is 11.2 Å². The molecule has 1 fully saturated rings. The van der Waals surface area contributed by atoms with Gasteiger partial charge in [0.25, 0.3) is 0 Å². The highest BCUT2D eigenvalue weighted by Gasteiger charge is 2.33. The Morgan fingerprint density at radius 1 is 1.52 bits per heavy atom. The molecule has 1 aromatic heterocycles. The molecule has 1 heterocycles. The first kappa shape index (κ1) is 16.3. The highest BCUT2D eigenvalue weighted by molar-refractivity contribution is 6.32. The van der Waals surface area contributed by atoms with Crippen molar-refractivity contribution in [3.8, 4) is 0 Å². The summed E-state index contributed by atoms with van der Waals surface area (Å²) in [6.07, 6.45) is 5.29. The van der Waals surface area contributed by atoms with Crippen molar-refractivity contribution in [2.75, 3.05) is 37.0 Å². The molecule has 1 aromatic rings. The number of ether oxygens (including phenoxy) is 1. The first-order valence-corrected chi connectivity index (χ1v) is 8.07. The fraction of sp³-hybridized carbons (Fsp3) is 0.733. The van der Waals surface area contributed by atoms with Crippen molar-refractivity contribution in [2.45, 2.75) is 39.2 Å². The average Bonchev–Trinajstić information content (AvgIpc) is 3.32. The average molecular weight is 313 g/mol. The van der Waals surface area contributed by atoms with Crippen LogP contribution in [0.5, 0.6) is 0 Å². The van der Waals surface area contributed by atoms with Crippen LogP contribution in [-0.4, -0.2) is 42.8 Å². The van der Waals surface area contributed by atoms with Gasteiger partial charge in [-0.25, -0.2) is 4.98 Å². The second-order valence-electron chi connectivity index (χ2n) is 5.56. The van der Waals surface area contributed by atoms with Crippen LogP contribution in [0.15, 0.2) is 6.20 Å². The molecule has 5 nitrogen and oxygen atoms in total. The zero-order chi connectivity index (χ0) is 15.2. The van der Waals surface area contributed by atoms with Crippen LogP contribution in [0.4, 0.5) is 11.8 Å². The first-order chi connectivity index (χ1) is 10.2. The summed E-state index contributed by atoms with van der Waals surface area (Å²) in [5, 5.41) is 3.82. The Hall–Kier alpha value is -1.07. The van der Waals surface area contributed by atoms with Gasteiger partial charge in [0.2, 0.25) is 5.95 Å². The van der Waals surface area contributed by atoms with E-state index >= 15 is 0 Å². The molecule has 1 atom stereocenters. The maximum Gasteiger partial charge on any atom is 0.224 e. The predicted octanol–water partition coefficient (Wildman–Crippen LogP) is 3.20. The second-order valence-corrected chi connectivity index (χ2v) is 5.96. The first-order valence-electron chi connectivity index (χ1n) is 7.69. The number of hydrogen-bond acceptors (Lipinski definition) is 5. The van der Waals surface area contributed by atoms with Crippen LogP contribution in [0.1, 0.15) is 33.1 Å². The number of nitrogens with one attached hydrogen (secondary N) is 1. The molecule has 1 aliphatic rings. The molecule has 6 heteroatoms. The van der Waals surface area contributed by atoms with Crippen LogP contribution < -0.4 is 10.2 Å². The molecule has 0 radical (unpaired) electrons. The van der Waals surface area contributed by atoms with Crippen LogP contribution in [-0.2, 0) is 4.74 Å². The normalized spacial score (nSPS) is 15.8. The highest BCUT2D eigenvalue weighted by Crippen LogP contribution is 2.38. The quantitative estimate of drug-likeness (QED) is 0.759. The van der Waals surface area contributed by atoms with Crippen molar-refractivity contribution >= 4 is 23.4 Å². The van der Waals surface area contributed by atoms with Crippen LogP contribution >= 0.6 is 11.6 Å². The van der Waals surface area contributed by atoms with Gasteiger partial charge in [0.05, 0.1) is 12.8 Å². The van der Waals surface area contributed by atoms with Gasteiger partial charge in [-0.05, 0) is 32.1 Å². The van der Waals surface area contributed by atoms with Gasteiger partial charge in [-0.1, -0.05) is 18.5 Å². The third kappa shape index (κ3) is 4.45. The molecule has 2 rings (SSSR count). The molecular weight excluding hydrogens is 288 g/mol. The van der Waals surface area contributed by atoms with E-state index in [0.717, 1.165) is 31.2 Å². The Balaban J connectivity index is 2.19. The monoisotopic (exact) mass is 312 g/mol. The van der Waals surface area contributed by atoms with Gasteiger partial charge in [0, 0.05) is 26.2 Å². The Bertz CT molecular complexity index is 453. The van der Waals surface area contributed by atoms with Crippen LogP contribution in [0.25, 0.3) is 0 Å². The summed E-state index contributed by atoms with van der Waals surface area (Å²) >= 11 is 6.34. The lowest BCUT2D eigenvalue weighted by Gasteiger charge is -2.31. The third-order valence-corrected chi connectivity index (χ3v) is 4.13.